The number of aliphatic hydroxyl groups excluding tert-OH is 1. The molecule has 0 unspecified atom stereocenters. The van der Waals surface area contributed by atoms with Crippen LogP contribution in [0.3, 0.4) is 0 Å². The van der Waals surface area contributed by atoms with Crippen LogP contribution in [0.15, 0.2) is 0 Å². The van der Waals surface area contributed by atoms with Crippen molar-refractivity contribution in [2.45, 2.75) is 26.9 Å². The maximum atomic E-state index is 8.06. The zero-order chi connectivity index (χ0) is 6.28. The summed E-state index contributed by atoms with van der Waals surface area (Å²) in [6.07, 6.45) is -0.167. The predicted octanol–water partition coefficient (Wildman–Crippen LogP) is 1.79. The highest BCUT2D eigenvalue weighted by molar-refractivity contribution is 9.09. The summed E-state index contributed by atoms with van der Waals surface area (Å²) in [5.74, 6) is 0. The molecule has 0 radical (unpaired) electrons. The molecule has 7 heavy (non-hydrogen) atoms. The molecule has 0 heterocycles. The van der Waals surface area contributed by atoms with Gasteiger partial charge in [-0.05, 0) is 13.8 Å². The molecular weight excluding hydrogens is 156 g/mol. The van der Waals surface area contributed by atoms with Gasteiger partial charge in [-0.2, -0.15) is 0 Å². The Bertz CT molecular complexity index is 19.3. The fourth-order valence-electron chi connectivity index (χ4n) is 0. The van der Waals surface area contributed by atoms with Gasteiger partial charge in [0.15, 0.2) is 0 Å². The second kappa shape index (κ2) is 9.67. The van der Waals surface area contributed by atoms with Gasteiger partial charge in [0.1, 0.15) is 0 Å². The maximum Gasteiger partial charge on any atom is 0.0483 e. The number of hydrogen-bond acceptors (Lipinski definition) is 1. The normalized spacial score (nSPS) is 7.71. The van der Waals surface area contributed by atoms with E-state index in [0.717, 1.165) is 5.33 Å². The molecule has 1 nitrogen and oxygen atoms in total. The highest BCUT2D eigenvalue weighted by atomic mass is 79.9. The lowest BCUT2D eigenvalue weighted by Crippen LogP contribution is -1.85. The third-order valence-electron chi connectivity index (χ3n) is 0. The monoisotopic (exact) mass is 168 g/mol. The zero-order valence-corrected chi connectivity index (χ0v) is 6.70. The van der Waals surface area contributed by atoms with E-state index in [2.05, 4.69) is 15.9 Å². The van der Waals surface area contributed by atoms with E-state index in [-0.39, 0.29) is 6.10 Å². The van der Waals surface area contributed by atoms with Crippen molar-refractivity contribution in [3.05, 3.63) is 0 Å². The molecule has 0 bridgehead atoms. The van der Waals surface area contributed by atoms with Crippen molar-refractivity contribution in [3.63, 3.8) is 0 Å². The van der Waals surface area contributed by atoms with E-state index in [0.29, 0.717) is 0 Å². The van der Waals surface area contributed by atoms with Crippen molar-refractivity contribution in [2.24, 2.45) is 0 Å². The van der Waals surface area contributed by atoms with E-state index >= 15 is 0 Å². The summed E-state index contributed by atoms with van der Waals surface area (Å²) in [7, 11) is 0. The van der Waals surface area contributed by atoms with Crippen LogP contribution >= 0.6 is 15.9 Å². The third-order valence-corrected chi connectivity index (χ3v) is 0. The van der Waals surface area contributed by atoms with Crippen molar-refractivity contribution >= 4 is 15.9 Å². The minimum atomic E-state index is -0.167. The Balaban J connectivity index is 0. The first-order chi connectivity index (χ1) is 3.15. The standard InChI is InChI=1S/C3H8O.C2H5Br/c1-3(2)4;1-2-3/h3-4H,1-2H3;2H2,1H3. The molecule has 0 aliphatic carbocycles. The average Bonchev–Trinajstić information content (AvgIpc) is 1.33. The SMILES string of the molecule is CC(C)O.CCBr. The van der Waals surface area contributed by atoms with Gasteiger partial charge in [-0.1, -0.05) is 22.9 Å². The molecule has 1 N–H and O–H groups in total. The largest absolute Gasteiger partial charge is 0.394 e. The Morgan fingerprint density at radius 3 is 1.57 bits per heavy atom. The summed E-state index contributed by atoms with van der Waals surface area (Å²) in [5, 5.41) is 9.12. The van der Waals surface area contributed by atoms with Gasteiger partial charge in [0.2, 0.25) is 0 Å². The number of aliphatic hydroxyl groups is 1. The molecule has 0 atom stereocenters. The van der Waals surface area contributed by atoms with Crippen molar-refractivity contribution < 1.29 is 5.11 Å². The van der Waals surface area contributed by atoms with Gasteiger partial charge in [-0.15, -0.1) is 0 Å². The Morgan fingerprint density at radius 2 is 1.57 bits per heavy atom. The summed E-state index contributed by atoms with van der Waals surface area (Å²) >= 11 is 3.15. The quantitative estimate of drug-likeness (QED) is 0.548. The van der Waals surface area contributed by atoms with Crippen molar-refractivity contribution in [1.29, 1.82) is 0 Å². The first-order valence-corrected chi connectivity index (χ1v) is 3.51. The first kappa shape index (κ1) is 10.4. The second-order valence-electron chi connectivity index (χ2n) is 1.36. The average molecular weight is 169 g/mol. The molecule has 0 amide bonds. The molecule has 0 rings (SSSR count). The van der Waals surface area contributed by atoms with Crippen molar-refractivity contribution in [2.75, 3.05) is 5.33 Å². The smallest absolute Gasteiger partial charge is 0.0483 e. The summed E-state index contributed by atoms with van der Waals surface area (Å²) < 4.78 is 0. The van der Waals surface area contributed by atoms with Crippen molar-refractivity contribution in [1.82, 2.24) is 0 Å². The fraction of sp³-hybridized carbons (Fsp3) is 1.00. The van der Waals surface area contributed by atoms with Crippen LogP contribution in [0, 0.1) is 0 Å². The maximum absolute atomic E-state index is 8.06. The van der Waals surface area contributed by atoms with Gasteiger partial charge < -0.3 is 5.11 Å². The molecule has 0 fully saturated rings. The number of halogens is 1. The number of hydrogen-bond donors (Lipinski definition) is 1. The van der Waals surface area contributed by atoms with Crippen LogP contribution in [0.25, 0.3) is 0 Å². The lowest BCUT2D eigenvalue weighted by Gasteiger charge is -1.80. The second-order valence-corrected chi connectivity index (χ2v) is 2.48. The molecule has 46 valence electrons. The molecule has 0 aromatic rings. The van der Waals surface area contributed by atoms with Crippen LogP contribution in [0.5, 0.6) is 0 Å². The van der Waals surface area contributed by atoms with Crippen molar-refractivity contribution in [3.8, 4) is 0 Å². The van der Waals surface area contributed by atoms with Gasteiger partial charge >= 0.3 is 0 Å². The van der Waals surface area contributed by atoms with Gasteiger partial charge in [0.05, 0.1) is 0 Å². The molecular formula is C5H13BrO. The van der Waals surface area contributed by atoms with Crippen LogP contribution in [0.1, 0.15) is 20.8 Å². The number of alkyl halides is 1. The Labute approximate surface area is 53.9 Å². The highest BCUT2D eigenvalue weighted by Crippen LogP contribution is 1.67. The minimum absolute atomic E-state index is 0.167. The van der Waals surface area contributed by atoms with Crippen LogP contribution in [0.2, 0.25) is 0 Å². The molecule has 0 aromatic carbocycles. The fourth-order valence-corrected chi connectivity index (χ4v) is 0. The van der Waals surface area contributed by atoms with Gasteiger partial charge in [-0.25, -0.2) is 0 Å². The predicted molar refractivity (Wildman–Crippen MR) is 36.8 cm³/mol. The van der Waals surface area contributed by atoms with E-state index < -0.39 is 0 Å². The van der Waals surface area contributed by atoms with Crippen LogP contribution in [-0.2, 0) is 0 Å². The van der Waals surface area contributed by atoms with E-state index in [1.165, 1.54) is 0 Å². The van der Waals surface area contributed by atoms with Crippen LogP contribution in [0.4, 0.5) is 0 Å². The van der Waals surface area contributed by atoms with Crippen LogP contribution < -0.4 is 0 Å². The summed E-state index contributed by atoms with van der Waals surface area (Å²) in [4.78, 5) is 0. The molecule has 0 saturated heterocycles. The molecule has 0 aliphatic rings. The molecule has 0 spiro atoms. The third kappa shape index (κ3) is 656. The molecule has 0 saturated carbocycles. The highest BCUT2D eigenvalue weighted by Gasteiger charge is 1.69. The van der Waals surface area contributed by atoms with E-state index in [1.54, 1.807) is 13.8 Å². The zero-order valence-electron chi connectivity index (χ0n) is 5.11. The Morgan fingerprint density at radius 1 is 1.57 bits per heavy atom. The van der Waals surface area contributed by atoms with E-state index in [9.17, 15) is 0 Å². The van der Waals surface area contributed by atoms with E-state index in [1.807, 2.05) is 6.92 Å². The molecule has 0 aliphatic heterocycles. The first-order valence-electron chi connectivity index (χ1n) is 2.39. The Kier molecular flexibility index (Phi) is 14.4. The van der Waals surface area contributed by atoms with Gasteiger partial charge in [0, 0.05) is 11.4 Å². The van der Waals surface area contributed by atoms with Gasteiger partial charge in [-0.3, -0.25) is 0 Å². The van der Waals surface area contributed by atoms with Crippen LogP contribution in [-0.4, -0.2) is 16.5 Å². The topological polar surface area (TPSA) is 20.2 Å². The lowest BCUT2D eigenvalue weighted by atomic mass is 10.5. The lowest BCUT2D eigenvalue weighted by molar-refractivity contribution is 0.216. The molecule has 2 heteroatoms. The summed E-state index contributed by atoms with van der Waals surface area (Å²) in [5.41, 5.74) is 0. The summed E-state index contributed by atoms with van der Waals surface area (Å²) in [6, 6.07) is 0. The number of rotatable bonds is 0. The van der Waals surface area contributed by atoms with Gasteiger partial charge in [0.25, 0.3) is 0 Å². The summed E-state index contributed by atoms with van der Waals surface area (Å²) in [6.45, 7) is 5.49. The minimum Gasteiger partial charge on any atom is -0.394 e. The van der Waals surface area contributed by atoms with E-state index in [4.69, 9.17) is 5.11 Å². The Hall–Kier alpha value is 0.440. The molecule has 0 aromatic heterocycles.